The largest absolute Gasteiger partial charge is 0.445 e. The highest BCUT2D eigenvalue weighted by atomic mass is 32.1. The smallest absolute Gasteiger partial charge is 0.208 e. The maximum Gasteiger partial charge on any atom is 0.208 e. The Kier molecular flexibility index (Phi) is 2.85. The minimum absolute atomic E-state index is 0.616. The van der Waals surface area contributed by atoms with Crippen LogP contribution in [-0.4, -0.2) is 14.6 Å². The van der Waals surface area contributed by atoms with E-state index in [0.29, 0.717) is 19.0 Å². The molecule has 1 N–H and O–H groups in total. The summed E-state index contributed by atoms with van der Waals surface area (Å²) in [4.78, 5) is 4.07. The van der Waals surface area contributed by atoms with E-state index in [0.717, 1.165) is 11.5 Å². The minimum atomic E-state index is 0.616. The van der Waals surface area contributed by atoms with Crippen LogP contribution in [0.15, 0.2) is 16.0 Å². The molecular weight excluding hydrogens is 200 g/mol. The first-order valence-electron chi connectivity index (χ1n) is 4.22. The van der Waals surface area contributed by atoms with E-state index >= 15 is 0 Å². The summed E-state index contributed by atoms with van der Waals surface area (Å²) in [6.45, 7) is 3.18. The van der Waals surface area contributed by atoms with Crippen LogP contribution >= 0.6 is 11.5 Å². The third-order valence-corrected chi connectivity index (χ3v) is 2.21. The van der Waals surface area contributed by atoms with E-state index in [4.69, 9.17) is 4.42 Å². The summed E-state index contributed by atoms with van der Waals surface area (Å²) >= 11 is 1.35. The van der Waals surface area contributed by atoms with Crippen LogP contribution in [0.3, 0.4) is 0 Å². The highest BCUT2D eigenvalue weighted by molar-refractivity contribution is 7.03. The van der Waals surface area contributed by atoms with Crippen molar-refractivity contribution in [1.29, 1.82) is 0 Å². The van der Waals surface area contributed by atoms with Crippen molar-refractivity contribution in [2.75, 3.05) is 0 Å². The highest BCUT2D eigenvalue weighted by Gasteiger charge is 2.00. The molecular formula is C8H10N4OS. The van der Waals surface area contributed by atoms with Gasteiger partial charge in [-0.3, -0.25) is 0 Å². The Hall–Kier alpha value is -1.27. The van der Waals surface area contributed by atoms with E-state index in [9.17, 15) is 0 Å². The Morgan fingerprint density at radius 3 is 3.07 bits per heavy atom. The molecule has 0 saturated heterocycles. The molecule has 74 valence electrons. The van der Waals surface area contributed by atoms with Crippen LogP contribution in [-0.2, 0) is 13.1 Å². The number of nitrogens with zero attached hydrogens (tertiary/aromatic N) is 3. The van der Waals surface area contributed by atoms with Crippen LogP contribution in [0.4, 0.5) is 0 Å². The van der Waals surface area contributed by atoms with Gasteiger partial charge < -0.3 is 9.73 Å². The topological polar surface area (TPSA) is 63.8 Å². The van der Waals surface area contributed by atoms with Gasteiger partial charge in [0.05, 0.1) is 18.4 Å². The maximum absolute atomic E-state index is 5.30. The molecule has 0 aliphatic heterocycles. The fourth-order valence-corrected chi connectivity index (χ4v) is 1.49. The molecule has 0 saturated carbocycles. The van der Waals surface area contributed by atoms with Gasteiger partial charge in [0.25, 0.3) is 0 Å². The van der Waals surface area contributed by atoms with Crippen molar-refractivity contribution in [3.8, 4) is 0 Å². The number of aryl methyl sites for hydroxylation is 1. The first-order valence-corrected chi connectivity index (χ1v) is 5.06. The third kappa shape index (κ3) is 2.36. The second-order valence-electron chi connectivity index (χ2n) is 2.86. The van der Waals surface area contributed by atoms with Gasteiger partial charge in [-0.05, 0) is 18.5 Å². The lowest BCUT2D eigenvalue weighted by Gasteiger charge is -1.97. The van der Waals surface area contributed by atoms with Crippen molar-refractivity contribution in [3.63, 3.8) is 0 Å². The Morgan fingerprint density at radius 2 is 2.43 bits per heavy atom. The second-order valence-corrected chi connectivity index (χ2v) is 3.47. The van der Waals surface area contributed by atoms with Crippen molar-refractivity contribution in [2.24, 2.45) is 0 Å². The van der Waals surface area contributed by atoms with Crippen LogP contribution in [0.5, 0.6) is 0 Å². The number of hydrogen-bond acceptors (Lipinski definition) is 6. The van der Waals surface area contributed by atoms with E-state index in [-0.39, 0.29) is 0 Å². The van der Waals surface area contributed by atoms with E-state index < -0.39 is 0 Å². The first-order chi connectivity index (χ1) is 6.84. The molecule has 0 aromatic carbocycles. The van der Waals surface area contributed by atoms with Gasteiger partial charge in [0.15, 0.2) is 0 Å². The molecule has 2 aromatic heterocycles. The van der Waals surface area contributed by atoms with Gasteiger partial charge in [-0.15, -0.1) is 5.10 Å². The van der Waals surface area contributed by atoms with Gasteiger partial charge >= 0.3 is 0 Å². The van der Waals surface area contributed by atoms with Crippen molar-refractivity contribution in [1.82, 2.24) is 19.9 Å². The monoisotopic (exact) mass is 210 g/mol. The zero-order valence-corrected chi connectivity index (χ0v) is 8.54. The van der Waals surface area contributed by atoms with Crippen molar-refractivity contribution >= 4 is 11.5 Å². The van der Waals surface area contributed by atoms with Gasteiger partial charge in [-0.2, -0.15) is 0 Å². The molecule has 0 amide bonds. The SMILES string of the molecule is Cc1cnc(CNCc2csnn2)o1. The van der Waals surface area contributed by atoms with E-state index in [1.54, 1.807) is 6.20 Å². The molecule has 0 unspecified atom stereocenters. The van der Waals surface area contributed by atoms with Crippen LogP contribution < -0.4 is 5.32 Å². The zero-order chi connectivity index (χ0) is 9.80. The Morgan fingerprint density at radius 1 is 1.50 bits per heavy atom. The molecule has 0 atom stereocenters. The van der Waals surface area contributed by atoms with Gasteiger partial charge in [0, 0.05) is 11.9 Å². The average Bonchev–Trinajstić information content (AvgIpc) is 2.77. The van der Waals surface area contributed by atoms with Gasteiger partial charge in [0.1, 0.15) is 5.76 Å². The van der Waals surface area contributed by atoms with Gasteiger partial charge in [-0.25, -0.2) is 4.98 Å². The molecule has 5 nitrogen and oxygen atoms in total. The Balaban J connectivity index is 1.78. The van der Waals surface area contributed by atoms with Crippen LogP contribution in [0.25, 0.3) is 0 Å². The molecule has 0 aliphatic carbocycles. The molecule has 0 fully saturated rings. The minimum Gasteiger partial charge on any atom is -0.445 e. The number of nitrogens with one attached hydrogen (secondary N) is 1. The van der Waals surface area contributed by atoms with E-state index in [1.165, 1.54) is 11.5 Å². The maximum atomic E-state index is 5.30. The molecule has 2 rings (SSSR count). The Bertz CT molecular complexity index is 384. The summed E-state index contributed by atoms with van der Waals surface area (Å²) in [7, 11) is 0. The molecule has 0 spiro atoms. The molecule has 0 bridgehead atoms. The third-order valence-electron chi connectivity index (χ3n) is 1.66. The number of oxazole rings is 1. The lowest BCUT2D eigenvalue weighted by Crippen LogP contribution is -2.13. The summed E-state index contributed by atoms with van der Waals surface area (Å²) in [6.07, 6.45) is 1.71. The fraction of sp³-hybridized carbons (Fsp3) is 0.375. The molecule has 6 heteroatoms. The predicted molar refractivity (Wildman–Crippen MR) is 51.7 cm³/mol. The van der Waals surface area contributed by atoms with Gasteiger partial charge in [-0.1, -0.05) is 4.49 Å². The van der Waals surface area contributed by atoms with Gasteiger partial charge in [0.2, 0.25) is 5.89 Å². The normalized spacial score (nSPS) is 10.6. The van der Waals surface area contributed by atoms with Crippen LogP contribution in [0.1, 0.15) is 17.3 Å². The molecule has 0 aliphatic rings. The standard InChI is InChI=1S/C8H10N4OS/c1-6-2-10-8(13-6)4-9-3-7-5-14-12-11-7/h2,5,9H,3-4H2,1H3. The predicted octanol–water partition coefficient (Wildman–Crippen LogP) is 1.12. The highest BCUT2D eigenvalue weighted by Crippen LogP contribution is 2.01. The quantitative estimate of drug-likeness (QED) is 0.819. The lowest BCUT2D eigenvalue weighted by atomic mass is 10.5. The summed E-state index contributed by atoms with van der Waals surface area (Å²) in [6, 6.07) is 0. The summed E-state index contributed by atoms with van der Waals surface area (Å²) < 4.78 is 9.06. The number of hydrogen-bond donors (Lipinski definition) is 1. The number of rotatable bonds is 4. The molecule has 2 heterocycles. The van der Waals surface area contributed by atoms with Crippen molar-refractivity contribution < 1.29 is 4.42 Å². The second kappa shape index (κ2) is 4.30. The van der Waals surface area contributed by atoms with Crippen molar-refractivity contribution in [3.05, 3.63) is 28.9 Å². The van der Waals surface area contributed by atoms with E-state index in [2.05, 4.69) is 19.9 Å². The molecule has 14 heavy (non-hydrogen) atoms. The Labute approximate surface area is 85.3 Å². The van der Waals surface area contributed by atoms with Crippen LogP contribution in [0, 0.1) is 6.92 Å². The zero-order valence-electron chi connectivity index (χ0n) is 7.73. The fourth-order valence-electron chi connectivity index (χ4n) is 1.04. The molecule has 0 radical (unpaired) electrons. The van der Waals surface area contributed by atoms with Crippen LogP contribution in [0.2, 0.25) is 0 Å². The first kappa shape index (κ1) is 9.29. The summed E-state index contributed by atoms with van der Waals surface area (Å²) in [5.74, 6) is 1.53. The summed E-state index contributed by atoms with van der Waals surface area (Å²) in [5, 5.41) is 8.98. The lowest BCUT2D eigenvalue weighted by molar-refractivity contribution is 0.448. The summed E-state index contributed by atoms with van der Waals surface area (Å²) in [5.41, 5.74) is 0.943. The van der Waals surface area contributed by atoms with E-state index in [1.807, 2.05) is 12.3 Å². The van der Waals surface area contributed by atoms with Crippen molar-refractivity contribution in [2.45, 2.75) is 20.0 Å². The number of aromatic nitrogens is 3. The average molecular weight is 210 g/mol. The molecule has 2 aromatic rings.